The van der Waals surface area contributed by atoms with E-state index in [1.54, 1.807) is 0 Å². The van der Waals surface area contributed by atoms with Gasteiger partial charge in [-0.05, 0) is 41.4 Å². The molecule has 1 aliphatic rings. The maximum Gasteiger partial charge on any atom is 0.150 e. The number of benzene rings is 1. The summed E-state index contributed by atoms with van der Waals surface area (Å²) in [4.78, 5) is 1.98. The first-order chi connectivity index (χ1) is 8.52. The molecule has 0 radical (unpaired) electrons. The first kappa shape index (κ1) is 13.7. The number of nitrogens with one attached hydrogen (secondary N) is 1. The quantitative estimate of drug-likeness (QED) is 0.901. The fourth-order valence-corrected chi connectivity index (χ4v) is 3.27. The first-order valence-electron chi connectivity index (χ1n) is 6.09. The van der Waals surface area contributed by atoms with Crippen molar-refractivity contribution in [3.8, 4) is 0 Å². The molecule has 2 nitrogen and oxygen atoms in total. The average Bonchev–Trinajstić information content (AvgIpc) is 2.27. The first-order valence-corrected chi connectivity index (χ1v) is 6.89. The van der Waals surface area contributed by atoms with Crippen LogP contribution < -0.4 is 10.2 Å². The molecule has 1 heterocycles. The Morgan fingerprint density at radius 1 is 1.39 bits per heavy atom. The van der Waals surface area contributed by atoms with Gasteiger partial charge in [0.15, 0.2) is 5.82 Å². The van der Waals surface area contributed by atoms with E-state index < -0.39 is 11.6 Å². The molecule has 2 unspecified atom stereocenters. The summed E-state index contributed by atoms with van der Waals surface area (Å²) in [5, 5.41) is 3.27. The predicted molar refractivity (Wildman–Crippen MR) is 72.9 cm³/mol. The fraction of sp³-hybridized carbons (Fsp3) is 0.538. The van der Waals surface area contributed by atoms with Gasteiger partial charge in [-0.3, -0.25) is 0 Å². The molecule has 1 fully saturated rings. The summed E-state index contributed by atoms with van der Waals surface area (Å²) in [6.07, 6.45) is 0.959. The molecule has 0 bridgehead atoms. The summed E-state index contributed by atoms with van der Waals surface area (Å²) in [6, 6.07) is 2.71. The van der Waals surface area contributed by atoms with Crippen LogP contribution in [-0.2, 0) is 0 Å². The third-order valence-corrected chi connectivity index (χ3v) is 4.18. The molecule has 1 aromatic rings. The molecule has 1 N–H and O–H groups in total. The van der Waals surface area contributed by atoms with E-state index in [2.05, 4.69) is 28.2 Å². The number of halogens is 3. The summed E-state index contributed by atoms with van der Waals surface area (Å²) in [5.41, 5.74) is 0.470. The standard InChI is InChI=1S/C13H17BrF2N2/c1-8-7-18(4-3-12(8)17-2)13-10(14)5-9(15)6-11(13)16/h5-6,8,12,17H,3-4,7H2,1-2H3. The smallest absolute Gasteiger partial charge is 0.150 e. The van der Waals surface area contributed by atoms with Crippen LogP contribution in [-0.4, -0.2) is 26.2 Å². The second-order valence-corrected chi connectivity index (χ2v) is 5.68. The lowest BCUT2D eigenvalue weighted by Gasteiger charge is -2.38. The number of hydrogen-bond acceptors (Lipinski definition) is 2. The highest BCUT2D eigenvalue weighted by atomic mass is 79.9. The van der Waals surface area contributed by atoms with Crippen molar-refractivity contribution in [1.82, 2.24) is 5.32 Å². The summed E-state index contributed by atoms with van der Waals surface area (Å²) in [6.45, 7) is 3.69. The lowest BCUT2D eigenvalue weighted by molar-refractivity contribution is 0.337. The minimum absolute atomic E-state index is 0.431. The molecule has 1 aromatic carbocycles. The maximum absolute atomic E-state index is 13.9. The van der Waals surface area contributed by atoms with Gasteiger partial charge in [0.1, 0.15) is 5.82 Å². The molecular weight excluding hydrogens is 302 g/mol. The lowest BCUT2D eigenvalue weighted by Crippen LogP contribution is -2.47. The van der Waals surface area contributed by atoms with E-state index in [9.17, 15) is 8.78 Å². The van der Waals surface area contributed by atoms with Crippen molar-refractivity contribution in [2.24, 2.45) is 5.92 Å². The van der Waals surface area contributed by atoms with Crippen molar-refractivity contribution in [2.75, 3.05) is 25.0 Å². The van der Waals surface area contributed by atoms with Crippen LogP contribution in [0.15, 0.2) is 16.6 Å². The van der Waals surface area contributed by atoms with E-state index >= 15 is 0 Å². The number of nitrogens with zero attached hydrogens (tertiary/aromatic N) is 1. The van der Waals surface area contributed by atoms with E-state index in [-0.39, 0.29) is 0 Å². The molecule has 0 saturated carbocycles. The number of rotatable bonds is 2. The third kappa shape index (κ3) is 2.67. The van der Waals surface area contributed by atoms with Crippen LogP contribution in [0.5, 0.6) is 0 Å². The van der Waals surface area contributed by atoms with Gasteiger partial charge in [0.05, 0.1) is 5.69 Å². The highest BCUT2D eigenvalue weighted by Crippen LogP contribution is 2.33. The minimum Gasteiger partial charge on any atom is -0.368 e. The molecule has 5 heteroatoms. The Bertz CT molecular complexity index is 416. The molecule has 0 aliphatic carbocycles. The van der Waals surface area contributed by atoms with Crippen LogP contribution in [0, 0.1) is 17.6 Å². The number of anilines is 1. The van der Waals surface area contributed by atoms with Gasteiger partial charge in [0.2, 0.25) is 0 Å². The van der Waals surface area contributed by atoms with E-state index in [4.69, 9.17) is 0 Å². The van der Waals surface area contributed by atoms with Crippen molar-refractivity contribution in [1.29, 1.82) is 0 Å². The van der Waals surface area contributed by atoms with Gasteiger partial charge < -0.3 is 10.2 Å². The van der Waals surface area contributed by atoms with E-state index in [0.717, 1.165) is 25.6 Å². The molecule has 0 aromatic heterocycles. The molecule has 2 rings (SSSR count). The largest absolute Gasteiger partial charge is 0.368 e. The maximum atomic E-state index is 13.9. The summed E-state index contributed by atoms with van der Waals surface area (Å²) < 4.78 is 27.4. The van der Waals surface area contributed by atoms with Gasteiger partial charge in [0.25, 0.3) is 0 Å². The second-order valence-electron chi connectivity index (χ2n) is 4.83. The highest BCUT2D eigenvalue weighted by Gasteiger charge is 2.27. The Morgan fingerprint density at radius 3 is 2.67 bits per heavy atom. The zero-order valence-electron chi connectivity index (χ0n) is 10.5. The Hall–Kier alpha value is -0.680. The van der Waals surface area contributed by atoms with Crippen molar-refractivity contribution in [2.45, 2.75) is 19.4 Å². The summed E-state index contributed by atoms with van der Waals surface area (Å²) >= 11 is 3.25. The Balaban J connectivity index is 2.23. The SMILES string of the molecule is CNC1CCN(c2c(F)cc(F)cc2Br)CC1C. The fourth-order valence-electron chi connectivity index (χ4n) is 2.61. The number of hydrogen-bond donors (Lipinski definition) is 1. The number of piperidine rings is 1. The third-order valence-electron chi connectivity index (χ3n) is 3.57. The Kier molecular flexibility index (Phi) is 4.22. The van der Waals surface area contributed by atoms with Crippen molar-refractivity contribution in [3.05, 3.63) is 28.2 Å². The van der Waals surface area contributed by atoms with Gasteiger partial charge in [-0.15, -0.1) is 0 Å². The topological polar surface area (TPSA) is 15.3 Å². The highest BCUT2D eigenvalue weighted by molar-refractivity contribution is 9.10. The van der Waals surface area contributed by atoms with Gasteiger partial charge in [-0.25, -0.2) is 8.78 Å². The molecule has 1 aliphatic heterocycles. The molecule has 2 atom stereocenters. The molecule has 1 saturated heterocycles. The van der Waals surface area contributed by atoms with Crippen LogP contribution in [0.3, 0.4) is 0 Å². The lowest BCUT2D eigenvalue weighted by atomic mass is 9.93. The summed E-state index contributed by atoms with van der Waals surface area (Å²) in [5.74, 6) is -0.627. The zero-order chi connectivity index (χ0) is 13.3. The van der Waals surface area contributed by atoms with Crippen LogP contribution in [0.2, 0.25) is 0 Å². The Morgan fingerprint density at radius 2 is 2.11 bits per heavy atom. The van der Waals surface area contributed by atoms with Crippen LogP contribution in [0.25, 0.3) is 0 Å². The van der Waals surface area contributed by atoms with E-state index in [1.807, 2.05) is 11.9 Å². The molecule has 100 valence electrons. The van der Waals surface area contributed by atoms with Gasteiger partial charge in [-0.2, -0.15) is 0 Å². The zero-order valence-corrected chi connectivity index (χ0v) is 12.1. The van der Waals surface area contributed by atoms with Crippen LogP contribution in [0.1, 0.15) is 13.3 Å². The summed E-state index contributed by atoms with van der Waals surface area (Å²) in [7, 11) is 1.95. The van der Waals surface area contributed by atoms with Gasteiger partial charge in [0, 0.05) is 29.7 Å². The van der Waals surface area contributed by atoms with Gasteiger partial charge >= 0.3 is 0 Å². The Labute approximate surface area is 114 Å². The van der Waals surface area contributed by atoms with Gasteiger partial charge in [-0.1, -0.05) is 6.92 Å². The molecule has 0 spiro atoms. The second kappa shape index (κ2) is 5.53. The van der Waals surface area contributed by atoms with E-state index in [1.165, 1.54) is 6.07 Å². The molecule has 18 heavy (non-hydrogen) atoms. The van der Waals surface area contributed by atoms with Crippen molar-refractivity contribution >= 4 is 21.6 Å². The molecule has 0 amide bonds. The predicted octanol–water partition coefficient (Wildman–Crippen LogP) is 3.16. The van der Waals surface area contributed by atoms with Crippen LogP contribution >= 0.6 is 15.9 Å². The van der Waals surface area contributed by atoms with Crippen molar-refractivity contribution < 1.29 is 8.78 Å². The average molecular weight is 319 g/mol. The van der Waals surface area contributed by atoms with Crippen molar-refractivity contribution in [3.63, 3.8) is 0 Å². The van der Waals surface area contributed by atoms with E-state index in [0.29, 0.717) is 22.1 Å². The minimum atomic E-state index is -0.554. The van der Waals surface area contributed by atoms with Crippen LogP contribution in [0.4, 0.5) is 14.5 Å². The normalized spacial score (nSPS) is 24.4. The monoisotopic (exact) mass is 318 g/mol. The molecular formula is C13H17BrF2N2.